The van der Waals surface area contributed by atoms with Crippen molar-refractivity contribution in [2.24, 2.45) is 4.40 Å². The van der Waals surface area contributed by atoms with Gasteiger partial charge in [-0.05, 0) is 42.5 Å². The van der Waals surface area contributed by atoms with Gasteiger partial charge in [0.15, 0.2) is 16.7 Å². The molecule has 1 heterocycles. The molecule has 7 nitrogen and oxygen atoms in total. The molecule has 22 heavy (non-hydrogen) atoms. The molecule has 2 N–H and O–H groups in total. The first kappa shape index (κ1) is 16.4. The molecule has 1 aliphatic rings. The minimum Gasteiger partial charge on any atom is -0.504 e. The topological polar surface area (TPSA) is 105 Å². The van der Waals surface area contributed by atoms with Crippen LogP contribution in [0.2, 0.25) is 0 Å². The molecule has 1 fully saturated rings. The second-order valence-electron chi connectivity index (χ2n) is 4.26. The molecule has 0 radical (unpaired) electrons. The molecule has 0 atom stereocenters. The van der Waals surface area contributed by atoms with Gasteiger partial charge in [0.1, 0.15) is 0 Å². The minimum absolute atomic E-state index is 0.00975. The van der Waals surface area contributed by atoms with E-state index in [0.29, 0.717) is 10.5 Å². The fraction of sp³-hybridized carbons (Fsp3) is 0.231. The molecule has 1 amide bonds. The summed E-state index contributed by atoms with van der Waals surface area (Å²) in [5.74, 6) is -0.298. The zero-order valence-electron chi connectivity index (χ0n) is 11.9. The van der Waals surface area contributed by atoms with Crippen LogP contribution < -0.4 is 10.1 Å². The van der Waals surface area contributed by atoms with E-state index >= 15 is 0 Å². The Balaban J connectivity index is 2.29. The summed E-state index contributed by atoms with van der Waals surface area (Å²) in [4.78, 5) is 12.1. The van der Waals surface area contributed by atoms with Gasteiger partial charge in [0, 0.05) is 0 Å². The van der Waals surface area contributed by atoms with E-state index < -0.39 is 15.9 Å². The Morgan fingerprint density at radius 2 is 2.18 bits per heavy atom. The number of carbonyl (C=O) groups excluding carboxylic acids is 1. The average Bonchev–Trinajstić information content (AvgIpc) is 2.80. The van der Waals surface area contributed by atoms with Crippen LogP contribution in [0, 0.1) is 0 Å². The third-order valence-corrected chi connectivity index (χ3v) is 4.95. The number of nitrogens with zero attached hydrogens (tertiary/aromatic N) is 1. The first-order valence-corrected chi connectivity index (χ1v) is 8.67. The maximum Gasteiger partial charge on any atom is 0.264 e. The van der Waals surface area contributed by atoms with E-state index in [2.05, 4.69) is 9.71 Å². The number of phenols is 1. The van der Waals surface area contributed by atoms with E-state index in [4.69, 9.17) is 4.74 Å². The van der Waals surface area contributed by atoms with Crippen molar-refractivity contribution in [1.29, 1.82) is 0 Å². The van der Waals surface area contributed by atoms with E-state index in [1.807, 2.05) is 0 Å². The zero-order valence-corrected chi connectivity index (χ0v) is 13.5. The van der Waals surface area contributed by atoms with Crippen LogP contribution in [0.15, 0.2) is 27.5 Å². The molecule has 9 heteroatoms. The Bertz CT molecular complexity index is 769. The standard InChI is InChI=1S/C13H14N2O5S2/c1-3-22(18,19)15-13-14-12(17)11(21-13)7-8-4-5-9(16)10(6-8)20-2/h4-7,16H,3H2,1-2H3,(H,14,15,17). The highest BCUT2D eigenvalue weighted by Crippen LogP contribution is 2.30. The number of hydrogen-bond acceptors (Lipinski definition) is 6. The third kappa shape index (κ3) is 3.80. The van der Waals surface area contributed by atoms with Gasteiger partial charge in [-0.3, -0.25) is 10.1 Å². The van der Waals surface area contributed by atoms with Gasteiger partial charge in [0.2, 0.25) is 0 Å². The fourth-order valence-corrected chi connectivity index (χ4v) is 3.21. The van der Waals surface area contributed by atoms with Gasteiger partial charge >= 0.3 is 0 Å². The molecule has 118 valence electrons. The SMILES string of the molecule is CCS(=O)(=O)/N=C1/NC(=O)C(=Cc2ccc(O)c(OC)c2)S1. The molecule has 1 aromatic rings. The van der Waals surface area contributed by atoms with Gasteiger partial charge < -0.3 is 9.84 Å². The van der Waals surface area contributed by atoms with Crippen molar-refractivity contribution in [3.05, 3.63) is 28.7 Å². The summed E-state index contributed by atoms with van der Waals surface area (Å²) < 4.78 is 31.4. The van der Waals surface area contributed by atoms with Crippen LogP contribution in [0.1, 0.15) is 12.5 Å². The average molecular weight is 342 g/mol. The van der Waals surface area contributed by atoms with Crippen molar-refractivity contribution >= 4 is 38.9 Å². The summed E-state index contributed by atoms with van der Waals surface area (Å²) in [7, 11) is -2.15. The summed E-state index contributed by atoms with van der Waals surface area (Å²) in [6, 6.07) is 4.62. The van der Waals surface area contributed by atoms with Gasteiger partial charge in [-0.15, -0.1) is 4.40 Å². The van der Waals surface area contributed by atoms with Crippen molar-refractivity contribution in [2.45, 2.75) is 6.92 Å². The number of amides is 1. The van der Waals surface area contributed by atoms with Crippen LogP contribution in [0.3, 0.4) is 0 Å². The third-order valence-electron chi connectivity index (χ3n) is 2.74. The highest BCUT2D eigenvalue weighted by molar-refractivity contribution is 8.19. The number of ether oxygens (including phenoxy) is 1. The highest BCUT2D eigenvalue weighted by Gasteiger charge is 2.25. The van der Waals surface area contributed by atoms with Gasteiger partial charge in [0.25, 0.3) is 15.9 Å². The molecule has 0 aromatic heterocycles. The smallest absolute Gasteiger partial charge is 0.264 e. The monoisotopic (exact) mass is 342 g/mol. The molecule has 1 aliphatic heterocycles. The number of amidine groups is 1. The molecular weight excluding hydrogens is 328 g/mol. The maximum atomic E-state index is 11.8. The van der Waals surface area contributed by atoms with Crippen LogP contribution in [0.25, 0.3) is 6.08 Å². The molecule has 0 unspecified atom stereocenters. The Morgan fingerprint density at radius 1 is 1.45 bits per heavy atom. The molecule has 1 saturated heterocycles. The number of benzene rings is 1. The molecule has 0 spiro atoms. The Morgan fingerprint density at radius 3 is 2.82 bits per heavy atom. The van der Waals surface area contributed by atoms with Crippen LogP contribution in [0.5, 0.6) is 11.5 Å². The van der Waals surface area contributed by atoms with E-state index in [1.165, 1.54) is 20.1 Å². The van der Waals surface area contributed by atoms with Crippen LogP contribution in [-0.2, 0) is 14.8 Å². The largest absolute Gasteiger partial charge is 0.504 e. The molecule has 0 aliphatic carbocycles. The Labute approximate surface area is 132 Å². The molecule has 0 saturated carbocycles. The van der Waals surface area contributed by atoms with Crippen molar-refractivity contribution in [1.82, 2.24) is 5.32 Å². The number of aromatic hydroxyl groups is 1. The Kier molecular flexibility index (Phi) is 4.77. The van der Waals surface area contributed by atoms with Crippen LogP contribution >= 0.6 is 11.8 Å². The lowest BCUT2D eigenvalue weighted by atomic mass is 10.2. The van der Waals surface area contributed by atoms with Crippen molar-refractivity contribution in [2.75, 3.05) is 12.9 Å². The highest BCUT2D eigenvalue weighted by atomic mass is 32.2. The fourth-order valence-electron chi connectivity index (χ4n) is 1.60. The number of methoxy groups -OCH3 is 1. The predicted molar refractivity (Wildman–Crippen MR) is 85.3 cm³/mol. The lowest BCUT2D eigenvalue weighted by molar-refractivity contribution is -0.115. The summed E-state index contributed by atoms with van der Waals surface area (Å²) in [5, 5.41) is 12.0. The first-order chi connectivity index (χ1) is 10.3. The number of nitrogens with one attached hydrogen (secondary N) is 1. The van der Waals surface area contributed by atoms with E-state index in [0.717, 1.165) is 11.8 Å². The second kappa shape index (κ2) is 6.41. The summed E-state index contributed by atoms with van der Waals surface area (Å²) in [5.41, 5.74) is 0.631. The minimum atomic E-state index is -3.57. The number of phenolic OH excluding ortho intramolecular Hbond substituents is 1. The summed E-state index contributed by atoms with van der Waals surface area (Å²) >= 11 is 0.941. The molecule has 2 rings (SSSR count). The van der Waals surface area contributed by atoms with Gasteiger partial charge in [-0.25, -0.2) is 8.42 Å². The van der Waals surface area contributed by atoms with Crippen molar-refractivity contribution < 1.29 is 23.1 Å². The van der Waals surface area contributed by atoms with E-state index in [-0.39, 0.29) is 22.4 Å². The van der Waals surface area contributed by atoms with E-state index in [1.54, 1.807) is 18.2 Å². The lowest BCUT2D eigenvalue weighted by Gasteiger charge is -2.03. The van der Waals surface area contributed by atoms with Crippen LogP contribution in [-0.4, -0.2) is 37.5 Å². The quantitative estimate of drug-likeness (QED) is 0.799. The lowest BCUT2D eigenvalue weighted by Crippen LogP contribution is -2.21. The zero-order chi connectivity index (χ0) is 16.3. The number of sulfonamides is 1. The maximum absolute atomic E-state index is 11.8. The van der Waals surface area contributed by atoms with E-state index in [9.17, 15) is 18.3 Å². The van der Waals surface area contributed by atoms with Gasteiger partial charge in [-0.2, -0.15) is 0 Å². The van der Waals surface area contributed by atoms with Crippen molar-refractivity contribution in [3.63, 3.8) is 0 Å². The van der Waals surface area contributed by atoms with Crippen molar-refractivity contribution in [3.8, 4) is 11.5 Å². The normalized spacial score (nSPS) is 18.7. The van der Waals surface area contributed by atoms with Gasteiger partial charge in [0.05, 0.1) is 17.8 Å². The van der Waals surface area contributed by atoms with Gasteiger partial charge in [-0.1, -0.05) is 6.07 Å². The summed E-state index contributed by atoms with van der Waals surface area (Å²) in [6.07, 6.45) is 1.56. The number of thioether (sulfide) groups is 1. The Hall–Kier alpha value is -2.00. The first-order valence-electron chi connectivity index (χ1n) is 6.25. The molecule has 1 aromatic carbocycles. The number of rotatable bonds is 4. The number of hydrogen-bond donors (Lipinski definition) is 2. The summed E-state index contributed by atoms with van der Waals surface area (Å²) in [6.45, 7) is 1.47. The molecule has 0 bridgehead atoms. The molecular formula is C13H14N2O5S2. The predicted octanol–water partition coefficient (Wildman–Crippen LogP) is 1.31. The number of carbonyl (C=O) groups is 1. The second-order valence-corrected chi connectivity index (χ2v) is 7.22. The van der Waals surface area contributed by atoms with Crippen LogP contribution in [0.4, 0.5) is 0 Å².